The van der Waals surface area contributed by atoms with E-state index in [-0.39, 0.29) is 6.23 Å². The van der Waals surface area contributed by atoms with Crippen LogP contribution >= 0.6 is 22.6 Å². The molecule has 0 bridgehead atoms. The van der Waals surface area contributed by atoms with Gasteiger partial charge in [0.15, 0.2) is 0 Å². The lowest BCUT2D eigenvalue weighted by Gasteiger charge is -2.08. The van der Waals surface area contributed by atoms with Crippen molar-refractivity contribution in [1.82, 2.24) is 19.7 Å². The molecule has 1 aliphatic heterocycles. The molecule has 0 amide bonds. The molecule has 0 saturated carbocycles. The van der Waals surface area contributed by atoms with Crippen LogP contribution in [0.3, 0.4) is 0 Å². The van der Waals surface area contributed by atoms with Crippen molar-refractivity contribution in [2.24, 2.45) is 0 Å². The molecule has 88 valence electrons. The Kier molecular flexibility index (Phi) is 3.06. The highest BCUT2D eigenvalue weighted by atomic mass is 127. The van der Waals surface area contributed by atoms with Crippen molar-refractivity contribution in [3.05, 3.63) is 28.5 Å². The smallest absolute Gasteiger partial charge is 0.150 e. The molecular weight excluding hydrogens is 331 g/mol. The van der Waals surface area contributed by atoms with Gasteiger partial charge < -0.3 is 4.74 Å². The summed E-state index contributed by atoms with van der Waals surface area (Å²) < 4.78 is 8.44. The van der Waals surface area contributed by atoms with E-state index in [9.17, 15) is 0 Å². The van der Waals surface area contributed by atoms with Crippen LogP contribution in [0.4, 0.5) is 0 Å². The predicted octanol–water partition coefficient (Wildman–Crippen LogP) is 2.25. The maximum absolute atomic E-state index is 5.61. The molecule has 1 aliphatic rings. The van der Waals surface area contributed by atoms with Gasteiger partial charge in [0.25, 0.3) is 0 Å². The minimum atomic E-state index is 0.0825. The average Bonchev–Trinajstić information content (AvgIpc) is 2.99. The van der Waals surface area contributed by atoms with Gasteiger partial charge >= 0.3 is 0 Å². The van der Waals surface area contributed by atoms with Gasteiger partial charge in [-0.15, -0.1) is 0 Å². The summed E-state index contributed by atoms with van der Waals surface area (Å²) >= 11 is 2.22. The zero-order valence-electron chi connectivity index (χ0n) is 9.08. The van der Waals surface area contributed by atoms with Gasteiger partial charge in [-0.2, -0.15) is 5.10 Å². The van der Waals surface area contributed by atoms with Crippen LogP contribution in [0.15, 0.2) is 24.8 Å². The fourth-order valence-electron chi connectivity index (χ4n) is 1.91. The summed E-state index contributed by atoms with van der Waals surface area (Å²) in [7, 11) is 0. The van der Waals surface area contributed by atoms with Gasteiger partial charge in [0.05, 0.1) is 11.3 Å². The SMILES string of the molecule is Ic1nn(C2CCCO2)cc1-c1ccncn1. The third-order valence-electron chi connectivity index (χ3n) is 2.75. The van der Waals surface area contributed by atoms with Gasteiger partial charge in [-0.05, 0) is 41.5 Å². The van der Waals surface area contributed by atoms with Crippen molar-refractivity contribution in [1.29, 1.82) is 0 Å². The topological polar surface area (TPSA) is 52.8 Å². The molecule has 17 heavy (non-hydrogen) atoms. The monoisotopic (exact) mass is 342 g/mol. The zero-order valence-corrected chi connectivity index (χ0v) is 11.2. The quantitative estimate of drug-likeness (QED) is 0.786. The second kappa shape index (κ2) is 4.69. The van der Waals surface area contributed by atoms with Crippen LogP contribution in [0.5, 0.6) is 0 Å². The number of hydrogen-bond donors (Lipinski definition) is 0. The van der Waals surface area contributed by atoms with E-state index in [2.05, 4.69) is 37.7 Å². The molecule has 0 N–H and O–H groups in total. The van der Waals surface area contributed by atoms with Crippen molar-refractivity contribution >= 4 is 22.6 Å². The van der Waals surface area contributed by atoms with Crippen LogP contribution in [0, 0.1) is 3.70 Å². The number of rotatable bonds is 2. The van der Waals surface area contributed by atoms with Crippen LogP contribution < -0.4 is 0 Å². The Labute approximate surface area is 112 Å². The minimum absolute atomic E-state index is 0.0825. The molecule has 1 fully saturated rings. The minimum Gasteiger partial charge on any atom is -0.357 e. The zero-order chi connectivity index (χ0) is 11.7. The molecule has 0 spiro atoms. The van der Waals surface area contributed by atoms with Crippen molar-refractivity contribution in [2.45, 2.75) is 19.1 Å². The van der Waals surface area contributed by atoms with Gasteiger partial charge in [-0.1, -0.05) is 0 Å². The lowest BCUT2D eigenvalue weighted by atomic mass is 10.2. The number of aromatic nitrogens is 4. The largest absolute Gasteiger partial charge is 0.357 e. The molecule has 1 unspecified atom stereocenters. The van der Waals surface area contributed by atoms with Gasteiger partial charge in [0.1, 0.15) is 16.3 Å². The van der Waals surface area contributed by atoms with Crippen LogP contribution in [0.1, 0.15) is 19.1 Å². The molecule has 0 aliphatic carbocycles. The Bertz CT molecular complexity index is 507. The van der Waals surface area contributed by atoms with Crippen LogP contribution in [-0.4, -0.2) is 26.4 Å². The van der Waals surface area contributed by atoms with Gasteiger partial charge in [0.2, 0.25) is 0 Å². The fraction of sp³-hybridized carbons (Fsp3) is 0.364. The number of halogens is 1. The molecule has 3 rings (SSSR count). The molecule has 2 aromatic heterocycles. The summed E-state index contributed by atoms with van der Waals surface area (Å²) in [5, 5.41) is 4.49. The summed E-state index contributed by atoms with van der Waals surface area (Å²) in [6.07, 6.45) is 7.50. The normalized spacial score (nSPS) is 19.7. The second-order valence-electron chi connectivity index (χ2n) is 3.88. The first-order chi connectivity index (χ1) is 8.34. The summed E-state index contributed by atoms with van der Waals surface area (Å²) in [6, 6.07) is 1.89. The van der Waals surface area contributed by atoms with E-state index in [1.807, 2.05) is 16.9 Å². The fourth-order valence-corrected chi connectivity index (χ4v) is 2.57. The first-order valence-electron chi connectivity index (χ1n) is 5.47. The highest BCUT2D eigenvalue weighted by Crippen LogP contribution is 2.27. The molecule has 6 heteroatoms. The lowest BCUT2D eigenvalue weighted by Crippen LogP contribution is -2.07. The third-order valence-corrected chi connectivity index (χ3v) is 3.54. The highest BCUT2D eigenvalue weighted by Gasteiger charge is 2.20. The summed E-state index contributed by atoms with van der Waals surface area (Å²) in [4.78, 5) is 8.16. The Morgan fingerprint density at radius 1 is 1.47 bits per heavy atom. The van der Waals surface area contributed by atoms with Gasteiger partial charge in [-0.25, -0.2) is 14.6 Å². The van der Waals surface area contributed by atoms with Crippen LogP contribution in [0.2, 0.25) is 0 Å². The van der Waals surface area contributed by atoms with E-state index in [1.54, 1.807) is 12.5 Å². The van der Waals surface area contributed by atoms with Gasteiger partial charge in [-0.3, -0.25) is 0 Å². The standard InChI is InChI=1S/C11H11IN4O/c12-11-8(9-3-4-13-7-14-9)6-16(15-11)10-2-1-5-17-10/h3-4,6-7,10H,1-2,5H2. The van der Waals surface area contributed by atoms with Crippen molar-refractivity contribution < 1.29 is 4.74 Å². The molecule has 3 heterocycles. The molecule has 1 atom stereocenters. The summed E-state index contributed by atoms with van der Waals surface area (Å²) in [6.45, 7) is 0.823. The maximum Gasteiger partial charge on any atom is 0.150 e. The van der Waals surface area contributed by atoms with Gasteiger partial charge in [0, 0.05) is 19.0 Å². The molecule has 1 saturated heterocycles. The van der Waals surface area contributed by atoms with E-state index in [1.165, 1.54) is 0 Å². The Balaban J connectivity index is 1.96. The number of ether oxygens (including phenoxy) is 1. The summed E-state index contributed by atoms with van der Waals surface area (Å²) in [5.74, 6) is 0. The highest BCUT2D eigenvalue weighted by molar-refractivity contribution is 14.1. The Morgan fingerprint density at radius 3 is 3.12 bits per heavy atom. The van der Waals surface area contributed by atoms with E-state index in [4.69, 9.17) is 4.74 Å². The molecule has 0 aromatic carbocycles. The molecule has 0 radical (unpaired) electrons. The Hall–Kier alpha value is -1.02. The van der Waals surface area contributed by atoms with Crippen LogP contribution in [-0.2, 0) is 4.74 Å². The molecule has 2 aromatic rings. The summed E-state index contributed by atoms with van der Waals surface area (Å²) in [5.41, 5.74) is 1.93. The molecular formula is C11H11IN4O. The number of hydrogen-bond acceptors (Lipinski definition) is 4. The van der Waals surface area contributed by atoms with E-state index < -0.39 is 0 Å². The second-order valence-corrected chi connectivity index (χ2v) is 4.90. The first kappa shape index (κ1) is 11.1. The van der Waals surface area contributed by atoms with Crippen molar-refractivity contribution in [2.75, 3.05) is 6.61 Å². The van der Waals surface area contributed by atoms with Crippen LogP contribution in [0.25, 0.3) is 11.3 Å². The lowest BCUT2D eigenvalue weighted by molar-refractivity contribution is 0.0465. The van der Waals surface area contributed by atoms with Crippen molar-refractivity contribution in [3.8, 4) is 11.3 Å². The third kappa shape index (κ3) is 2.19. The van der Waals surface area contributed by atoms with E-state index >= 15 is 0 Å². The average molecular weight is 342 g/mol. The van der Waals surface area contributed by atoms with E-state index in [0.717, 1.165) is 34.4 Å². The maximum atomic E-state index is 5.61. The number of nitrogens with zero attached hydrogens (tertiary/aromatic N) is 4. The predicted molar refractivity (Wildman–Crippen MR) is 70.2 cm³/mol. The Morgan fingerprint density at radius 2 is 2.41 bits per heavy atom. The first-order valence-corrected chi connectivity index (χ1v) is 6.55. The molecule has 5 nitrogen and oxygen atoms in total. The van der Waals surface area contributed by atoms with Crippen molar-refractivity contribution in [3.63, 3.8) is 0 Å². The van der Waals surface area contributed by atoms with E-state index in [0.29, 0.717) is 0 Å².